The lowest BCUT2D eigenvalue weighted by Crippen LogP contribution is -2.17. The van der Waals surface area contributed by atoms with Crippen molar-refractivity contribution in [2.75, 3.05) is 0 Å². The van der Waals surface area contributed by atoms with Gasteiger partial charge in [0.15, 0.2) is 0 Å². The van der Waals surface area contributed by atoms with Crippen molar-refractivity contribution in [1.82, 2.24) is 0 Å². The third-order valence-electron chi connectivity index (χ3n) is 3.43. The van der Waals surface area contributed by atoms with Crippen molar-refractivity contribution in [3.63, 3.8) is 0 Å². The molecule has 2 rings (SSSR count). The summed E-state index contributed by atoms with van der Waals surface area (Å²) in [6, 6.07) is 6.53. The van der Waals surface area contributed by atoms with Crippen LogP contribution in [-0.2, 0) is 11.2 Å². The molecule has 1 aromatic carbocycles. The maximum absolute atomic E-state index is 13.3. The van der Waals surface area contributed by atoms with Crippen LogP contribution in [0.5, 0.6) is 0 Å². The van der Waals surface area contributed by atoms with Gasteiger partial charge in [-0.1, -0.05) is 25.1 Å². The Hall–Kier alpha value is -1.18. The second-order valence-corrected chi connectivity index (χ2v) is 4.33. The summed E-state index contributed by atoms with van der Waals surface area (Å²) in [5.74, 6) is -0.0622. The maximum Gasteiger partial charge on any atom is 0.143 e. The number of carbonyl (C=O) groups is 1. The van der Waals surface area contributed by atoms with Crippen LogP contribution in [-0.4, -0.2) is 5.78 Å². The van der Waals surface area contributed by atoms with E-state index >= 15 is 0 Å². The smallest absolute Gasteiger partial charge is 0.143 e. The zero-order valence-electron chi connectivity index (χ0n) is 8.92. The van der Waals surface area contributed by atoms with Gasteiger partial charge in [-0.05, 0) is 30.9 Å². The molecule has 15 heavy (non-hydrogen) atoms. The van der Waals surface area contributed by atoms with Crippen LogP contribution in [0.25, 0.3) is 0 Å². The van der Waals surface area contributed by atoms with E-state index in [2.05, 4.69) is 0 Å². The molecule has 0 saturated heterocycles. The summed E-state index contributed by atoms with van der Waals surface area (Å²) in [5, 5.41) is 0. The van der Waals surface area contributed by atoms with Gasteiger partial charge in [-0.15, -0.1) is 0 Å². The quantitative estimate of drug-likeness (QED) is 0.739. The molecule has 1 fully saturated rings. The number of halogens is 1. The predicted molar refractivity (Wildman–Crippen MR) is 57.1 cm³/mol. The van der Waals surface area contributed by atoms with Crippen molar-refractivity contribution < 1.29 is 9.18 Å². The number of ketones is 1. The maximum atomic E-state index is 13.3. The van der Waals surface area contributed by atoms with Crippen molar-refractivity contribution in [3.05, 3.63) is 35.6 Å². The minimum absolute atomic E-state index is 0.109. The standard InChI is InChI=1S/C13H15FO/c1-2-13(7-8-13)12(15)9-10-5-3-4-6-11(10)14/h3-6H,2,7-9H2,1H3. The van der Waals surface area contributed by atoms with E-state index in [0.717, 1.165) is 19.3 Å². The fraction of sp³-hybridized carbons (Fsp3) is 0.462. The minimum Gasteiger partial charge on any atom is -0.299 e. The van der Waals surface area contributed by atoms with E-state index in [1.54, 1.807) is 18.2 Å². The third kappa shape index (κ3) is 1.94. The number of Topliss-reactive ketones (excluding diaryl/α,β-unsaturated/α-hetero) is 1. The third-order valence-corrected chi connectivity index (χ3v) is 3.43. The number of benzene rings is 1. The molecule has 0 bridgehead atoms. The van der Waals surface area contributed by atoms with Gasteiger partial charge in [-0.3, -0.25) is 4.79 Å². The van der Waals surface area contributed by atoms with Gasteiger partial charge in [0, 0.05) is 11.8 Å². The Bertz CT molecular complexity index is 380. The van der Waals surface area contributed by atoms with Crippen molar-refractivity contribution in [1.29, 1.82) is 0 Å². The average molecular weight is 206 g/mol. The summed E-state index contributed by atoms with van der Waals surface area (Å²) in [5.41, 5.74) is 0.421. The molecular weight excluding hydrogens is 191 g/mol. The highest BCUT2D eigenvalue weighted by molar-refractivity contribution is 5.89. The van der Waals surface area contributed by atoms with Gasteiger partial charge in [0.1, 0.15) is 11.6 Å². The van der Waals surface area contributed by atoms with Crippen molar-refractivity contribution in [3.8, 4) is 0 Å². The molecule has 1 aliphatic carbocycles. The highest BCUT2D eigenvalue weighted by atomic mass is 19.1. The van der Waals surface area contributed by atoms with Gasteiger partial charge in [0.2, 0.25) is 0 Å². The van der Waals surface area contributed by atoms with Crippen LogP contribution in [0, 0.1) is 11.2 Å². The van der Waals surface area contributed by atoms with Gasteiger partial charge in [-0.25, -0.2) is 4.39 Å². The molecule has 0 aromatic heterocycles. The van der Waals surface area contributed by atoms with E-state index in [1.165, 1.54) is 6.07 Å². The first-order valence-electron chi connectivity index (χ1n) is 5.45. The molecule has 1 nitrogen and oxygen atoms in total. The molecule has 0 amide bonds. The van der Waals surface area contributed by atoms with E-state index in [1.807, 2.05) is 6.92 Å². The van der Waals surface area contributed by atoms with Crippen LogP contribution in [0.2, 0.25) is 0 Å². The van der Waals surface area contributed by atoms with E-state index in [0.29, 0.717) is 5.56 Å². The van der Waals surface area contributed by atoms with Crippen LogP contribution in [0.15, 0.2) is 24.3 Å². The molecule has 0 radical (unpaired) electrons. The topological polar surface area (TPSA) is 17.1 Å². The Balaban J connectivity index is 2.10. The summed E-state index contributed by atoms with van der Waals surface area (Å²) in [7, 11) is 0. The van der Waals surface area contributed by atoms with Crippen molar-refractivity contribution in [2.45, 2.75) is 32.6 Å². The summed E-state index contributed by atoms with van der Waals surface area (Å²) in [6.45, 7) is 2.03. The van der Waals surface area contributed by atoms with E-state index in [9.17, 15) is 9.18 Å². The molecule has 0 N–H and O–H groups in total. The first-order valence-corrected chi connectivity index (χ1v) is 5.45. The number of hydrogen-bond donors (Lipinski definition) is 0. The van der Waals surface area contributed by atoms with Gasteiger partial charge in [-0.2, -0.15) is 0 Å². The Kier molecular flexibility index (Phi) is 2.59. The second-order valence-electron chi connectivity index (χ2n) is 4.33. The summed E-state index contributed by atoms with van der Waals surface area (Å²) in [6.07, 6.45) is 3.11. The van der Waals surface area contributed by atoms with Crippen molar-refractivity contribution >= 4 is 5.78 Å². The summed E-state index contributed by atoms with van der Waals surface area (Å²) < 4.78 is 13.3. The molecule has 1 aromatic rings. The largest absolute Gasteiger partial charge is 0.299 e. The van der Waals surface area contributed by atoms with Crippen LogP contribution >= 0.6 is 0 Å². The number of carbonyl (C=O) groups excluding carboxylic acids is 1. The highest BCUT2D eigenvalue weighted by Gasteiger charge is 2.47. The molecule has 0 heterocycles. The lowest BCUT2D eigenvalue weighted by atomic mass is 9.92. The second kappa shape index (κ2) is 3.76. The van der Waals surface area contributed by atoms with Gasteiger partial charge in [0.25, 0.3) is 0 Å². The molecule has 1 aliphatic rings. The first kappa shape index (κ1) is 10.3. The average Bonchev–Trinajstić information content (AvgIpc) is 3.02. The van der Waals surface area contributed by atoms with Crippen molar-refractivity contribution in [2.24, 2.45) is 5.41 Å². The van der Waals surface area contributed by atoms with E-state index < -0.39 is 0 Å². The molecule has 0 aliphatic heterocycles. The fourth-order valence-corrected chi connectivity index (χ4v) is 1.98. The van der Waals surface area contributed by atoms with Gasteiger partial charge in [0.05, 0.1) is 0 Å². The first-order chi connectivity index (χ1) is 7.18. The minimum atomic E-state index is -0.266. The lowest BCUT2D eigenvalue weighted by Gasteiger charge is -2.10. The van der Waals surface area contributed by atoms with Crippen LogP contribution < -0.4 is 0 Å². The van der Waals surface area contributed by atoms with Gasteiger partial charge < -0.3 is 0 Å². The Morgan fingerprint density at radius 3 is 2.60 bits per heavy atom. The molecule has 1 saturated carbocycles. The zero-order chi connectivity index (χ0) is 10.9. The SMILES string of the molecule is CCC1(C(=O)Cc2ccccc2F)CC1. The molecular formula is C13H15FO. The Morgan fingerprint density at radius 2 is 2.07 bits per heavy atom. The van der Waals surface area contributed by atoms with Crippen LogP contribution in [0.4, 0.5) is 4.39 Å². The molecule has 0 spiro atoms. The summed E-state index contributed by atoms with van der Waals surface area (Å²) >= 11 is 0. The molecule has 0 atom stereocenters. The van der Waals surface area contributed by atoms with Gasteiger partial charge >= 0.3 is 0 Å². The predicted octanol–water partition coefficient (Wildman–Crippen LogP) is 3.13. The number of rotatable bonds is 4. The van der Waals surface area contributed by atoms with E-state index in [-0.39, 0.29) is 23.4 Å². The monoisotopic (exact) mass is 206 g/mol. The van der Waals surface area contributed by atoms with Crippen LogP contribution in [0.3, 0.4) is 0 Å². The highest BCUT2D eigenvalue weighted by Crippen LogP contribution is 2.50. The van der Waals surface area contributed by atoms with Crippen LogP contribution in [0.1, 0.15) is 31.7 Å². The zero-order valence-corrected chi connectivity index (χ0v) is 8.92. The number of hydrogen-bond acceptors (Lipinski definition) is 1. The fourth-order valence-electron chi connectivity index (χ4n) is 1.98. The normalized spacial score (nSPS) is 17.5. The van der Waals surface area contributed by atoms with E-state index in [4.69, 9.17) is 0 Å². The molecule has 80 valence electrons. The Morgan fingerprint density at radius 1 is 1.40 bits per heavy atom. The summed E-state index contributed by atoms with van der Waals surface area (Å²) in [4.78, 5) is 11.9. The molecule has 0 unspecified atom stereocenters. The Labute approximate surface area is 89.3 Å². The molecule has 2 heteroatoms. The lowest BCUT2D eigenvalue weighted by molar-refractivity contribution is -0.123.